The summed E-state index contributed by atoms with van der Waals surface area (Å²) in [6.45, 7) is 10.6. The normalized spacial score (nSPS) is 26.3. The van der Waals surface area contributed by atoms with Gasteiger partial charge in [-0.2, -0.15) is 0 Å². The molecule has 2 aromatic carbocycles. The molecule has 0 aromatic heterocycles. The molecule has 4 nitrogen and oxygen atoms in total. The van der Waals surface area contributed by atoms with Crippen molar-refractivity contribution < 1.29 is 19.1 Å². The lowest BCUT2D eigenvalue weighted by Crippen LogP contribution is -2.68. The lowest BCUT2D eigenvalue weighted by molar-refractivity contribution is -0.166. The van der Waals surface area contributed by atoms with Gasteiger partial charge in [-0.1, -0.05) is 106 Å². The number of esters is 1. The van der Waals surface area contributed by atoms with Gasteiger partial charge < -0.3 is 14.3 Å². The Hall–Kier alpha value is -2.47. The number of carbonyl (C=O) groups excluding carboxylic acids is 1. The van der Waals surface area contributed by atoms with E-state index in [-0.39, 0.29) is 30.1 Å². The Morgan fingerprint density at radius 1 is 1.12 bits per heavy atom. The quantitative estimate of drug-likeness (QED) is 0.352. The van der Waals surface area contributed by atoms with E-state index in [9.17, 15) is 9.90 Å². The van der Waals surface area contributed by atoms with Crippen molar-refractivity contribution in [3.05, 3.63) is 85.5 Å². The maximum atomic E-state index is 13.6. The Labute approximate surface area is 204 Å². The number of hydrogen-bond acceptors (Lipinski definition) is 4. The number of aliphatic hydroxyl groups is 1. The summed E-state index contributed by atoms with van der Waals surface area (Å²) in [6, 6.07) is 20.7. The van der Waals surface area contributed by atoms with E-state index in [4.69, 9.17) is 9.16 Å². The highest BCUT2D eigenvalue weighted by Gasteiger charge is 2.62. The van der Waals surface area contributed by atoms with Gasteiger partial charge in [-0.15, -0.1) is 0 Å². The number of fused-ring (bicyclic) bond motifs is 1. The molecular formula is C29H36O4Si. The summed E-state index contributed by atoms with van der Waals surface area (Å²) in [6.07, 6.45) is 6.41. The Morgan fingerprint density at radius 3 is 2.24 bits per heavy atom. The number of benzene rings is 2. The minimum atomic E-state index is -2.88. The minimum Gasteiger partial charge on any atom is -0.461 e. The first-order chi connectivity index (χ1) is 16.3. The number of hydrogen-bond donors (Lipinski definition) is 1. The molecule has 0 radical (unpaired) electrons. The third kappa shape index (κ3) is 4.00. The molecule has 4 rings (SSSR count). The Morgan fingerprint density at radius 2 is 1.71 bits per heavy atom. The van der Waals surface area contributed by atoms with Crippen LogP contribution in [0.3, 0.4) is 0 Å². The van der Waals surface area contributed by atoms with Gasteiger partial charge in [0.15, 0.2) is 0 Å². The maximum Gasteiger partial charge on any atom is 0.317 e. The van der Waals surface area contributed by atoms with Crippen molar-refractivity contribution in [3.63, 3.8) is 0 Å². The lowest BCUT2D eigenvalue weighted by atomic mass is 9.76. The molecule has 0 saturated heterocycles. The molecule has 4 atom stereocenters. The molecule has 2 aromatic rings. The van der Waals surface area contributed by atoms with Crippen LogP contribution in [-0.2, 0) is 14.0 Å². The van der Waals surface area contributed by atoms with Crippen LogP contribution < -0.4 is 10.4 Å². The third-order valence-corrected chi connectivity index (χ3v) is 12.6. The van der Waals surface area contributed by atoms with Crippen molar-refractivity contribution in [3.8, 4) is 0 Å². The summed E-state index contributed by atoms with van der Waals surface area (Å²) in [4.78, 5) is 13.6. The van der Waals surface area contributed by atoms with Gasteiger partial charge in [0.1, 0.15) is 12.0 Å². The second-order valence-electron chi connectivity index (χ2n) is 10.6. The van der Waals surface area contributed by atoms with Crippen molar-refractivity contribution in [2.24, 2.45) is 17.3 Å². The zero-order chi connectivity index (χ0) is 24.4. The summed E-state index contributed by atoms with van der Waals surface area (Å²) >= 11 is 0. The molecule has 0 unspecified atom stereocenters. The van der Waals surface area contributed by atoms with Gasteiger partial charge in [-0.05, 0) is 34.2 Å². The Bertz CT molecular complexity index is 988. The Kier molecular flexibility index (Phi) is 6.99. The summed E-state index contributed by atoms with van der Waals surface area (Å²) in [5.74, 6) is -0.260. The standard InChI is InChI=1S/C29H36O4Si/c1-5-19-32-27(31)29(25-18-12-13-22(25)20-26(29)30)21-33-34(28(2,3)4,23-14-8-6-9-15-23)24-16-10-7-11-17-24/h5-12,14-18,22,25-26,30H,1,13,19-21H2,2-4H3/t22-,25-,26+,29-/m1/s1. The highest BCUT2D eigenvalue weighted by molar-refractivity contribution is 6.99. The molecule has 2 aliphatic rings. The van der Waals surface area contributed by atoms with Gasteiger partial charge in [0.2, 0.25) is 0 Å². The van der Waals surface area contributed by atoms with Crippen molar-refractivity contribution in [1.82, 2.24) is 0 Å². The number of rotatable bonds is 8. The molecule has 0 amide bonds. The molecule has 0 spiro atoms. The van der Waals surface area contributed by atoms with Crippen molar-refractivity contribution >= 4 is 24.7 Å². The molecule has 0 bridgehead atoms. The zero-order valence-corrected chi connectivity index (χ0v) is 21.4. The number of ether oxygens (including phenoxy) is 1. The highest BCUT2D eigenvalue weighted by Crippen LogP contribution is 2.54. The van der Waals surface area contributed by atoms with Crippen LogP contribution in [-0.4, -0.2) is 38.7 Å². The van der Waals surface area contributed by atoms with Crippen LogP contribution in [0.25, 0.3) is 0 Å². The zero-order valence-electron chi connectivity index (χ0n) is 20.4. The van der Waals surface area contributed by atoms with E-state index >= 15 is 0 Å². The minimum absolute atomic E-state index is 0.0990. The van der Waals surface area contributed by atoms with Crippen LogP contribution in [0.1, 0.15) is 33.6 Å². The fraction of sp³-hybridized carbons (Fsp3) is 0.414. The maximum absolute atomic E-state index is 13.6. The summed E-state index contributed by atoms with van der Waals surface area (Å²) < 4.78 is 12.8. The molecule has 0 aliphatic heterocycles. The fourth-order valence-electron chi connectivity index (χ4n) is 6.04. The fourth-order valence-corrected chi connectivity index (χ4v) is 10.7. The van der Waals surface area contributed by atoms with Crippen LogP contribution in [0.2, 0.25) is 5.04 Å². The van der Waals surface area contributed by atoms with E-state index in [0.717, 1.165) is 16.8 Å². The smallest absolute Gasteiger partial charge is 0.317 e. The Balaban J connectivity index is 1.83. The molecule has 5 heteroatoms. The van der Waals surface area contributed by atoms with E-state index in [1.165, 1.54) is 0 Å². The average Bonchev–Trinajstić information content (AvgIpc) is 3.39. The molecule has 1 saturated carbocycles. The van der Waals surface area contributed by atoms with E-state index in [1.807, 2.05) is 36.4 Å². The molecular weight excluding hydrogens is 440 g/mol. The van der Waals surface area contributed by atoms with Crippen molar-refractivity contribution in [1.29, 1.82) is 0 Å². The van der Waals surface area contributed by atoms with Crippen molar-refractivity contribution in [2.45, 2.75) is 44.8 Å². The molecule has 1 fully saturated rings. The van der Waals surface area contributed by atoms with Gasteiger partial charge in [0.05, 0.1) is 12.7 Å². The lowest BCUT2D eigenvalue weighted by Gasteiger charge is -2.46. The first-order valence-corrected chi connectivity index (χ1v) is 14.1. The predicted octanol–water partition coefficient (Wildman–Crippen LogP) is 4.24. The SMILES string of the molecule is C=CCOC(=O)[C@]1(CO[Si](c2ccccc2)(c2ccccc2)C(C)(C)C)[C@@H]2C=CC[C@@H]2C[C@@H]1O. The predicted molar refractivity (Wildman–Crippen MR) is 139 cm³/mol. The van der Waals surface area contributed by atoms with Crippen LogP contribution in [0.4, 0.5) is 0 Å². The van der Waals surface area contributed by atoms with Crippen LogP contribution in [0.15, 0.2) is 85.5 Å². The summed E-state index contributed by atoms with van der Waals surface area (Å²) in [5.41, 5.74) is -1.13. The van der Waals surface area contributed by atoms with Gasteiger partial charge in [-0.3, -0.25) is 4.79 Å². The number of allylic oxidation sites excluding steroid dienone is 2. The van der Waals surface area contributed by atoms with Gasteiger partial charge in [0, 0.05) is 5.92 Å². The summed E-state index contributed by atoms with van der Waals surface area (Å²) in [7, 11) is -2.88. The first kappa shape index (κ1) is 24.6. The number of aliphatic hydroxyl groups excluding tert-OH is 1. The second-order valence-corrected chi connectivity index (χ2v) is 14.9. The van der Waals surface area contributed by atoms with Gasteiger partial charge >= 0.3 is 5.97 Å². The molecule has 0 heterocycles. The molecule has 2 aliphatic carbocycles. The van der Waals surface area contributed by atoms with E-state index in [2.05, 4.69) is 63.8 Å². The third-order valence-electron chi connectivity index (χ3n) is 7.66. The second kappa shape index (κ2) is 9.65. The van der Waals surface area contributed by atoms with E-state index in [1.54, 1.807) is 6.08 Å². The van der Waals surface area contributed by atoms with Crippen LogP contribution in [0.5, 0.6) is 0 Å². The topological polar surface area (TPSA) is 55.8 Å². The monoisotopic (exact) mass is 476 g/mol. The summed E-state index contributed by atoms with van der Waals surface area (Å²) in [5, 5.41) is 13.4. The van der Waals surface area contributed by atoms with E-state index < -0.39 is 25.8 Å². The number of carbonyl (C=O) groups is 1. The molecule has 180 valence electrons. The van der Waals surface area contributed by atoms with Crippen LogP contribution >= 0.6 is 0 Å². The van der Waals surface area contributed by atoms with Crippen molar-refractivity contribution in [2.75, 3.05) is 13.2 Å². The molecule has 1 N–H and O–H groups in total. The first-order valence-electron chi connectivity index (χ1n) is 12.1. The molecule has 34 heavy (non-hydrogen) atoms. The van der Waals surface area contributed by atoms with Crippen LogP contribution in [0, 0.1) is 17.3 Å². The highest BCUT2D eigenvalue weighted by atomic mass is 28.4. The van der Waals surface area contributed by atoms with Gasteiger partial charge in [-0.25, -0.2) is 0 Å². The average molecular weight is 477 g/mol. The van der Waals surface area contributed by atoms with E-state index in [0.29, 0.717) is 6.42 Å². The largest absolute Gasteiger partial charge is 0.461 e. The van der Waals surface area contributed by atoms with Gasteiger partial charge in [0.25, 0.3) is 8.32 Å².